The van der Waals surface area contributed by atoms with Crippen LogP contribution in [-0.4, -0.2) is 39.0 Å². The number of hydrogen-bond donors (Lipinski definition) is 2. The Morgan fingerprint density at radius 3 is 2.85 bits per heavy atom. The summed E-state index contributed by atoms with van der Waals surface area (Å²) in [7, 11) is 0. The van der Waals surface area contributed by atoms with Gasteiger partial charge in [-0.2, -0.15) is 5.26 Å². The lowest BCUT2D eigenvalue weighted by atomic mass is 10.1. The lowest BCUT2D eigenvalue weighted by Gasteiger charge is -2.19. The zero-order valence-electron chi connectivity index (χ0n) is 15.0. The molecule has 0 fully saturated rings. The fourth-order valence-corrected chi connectivity index (χ4v) is 3.08. The van der Waals surface area contributed by atoms with Gasteiger partial charge in [-0.1, -0.05) is 24.8 Å². The summed E-state index contributed by atoms with van der Waals surface area (Å²) in [6.45, 7) is 3.82. The first-order valence-electron chi connectivity index (χ1n) is 8.29. The average molecular weight is 388 g/mol. The van der Waals surface area contributed by atoms with E-state index < -0.39 is 12.0 Å². The number of nitrogen functional groups attached to an aromatic ring is 1. The molecule has 1 heterocycles. The first-order chi connectivity index (χ1) is 13.0. The first kappa shape index (κ1) is 20.3. The van der Waals surface area contributed by atoms with Crippen LogP contribution in [0.5, 0.6) is 0 Å². The second kappa shape index (κ2) is 9.59. The van der Waals surface area contributed by atoms with E-state index in [4.69, 9.17) is 15.7 Å². The monoisotopic (exact) mass is 388 g/mol. The van der Waals surface area contributed by atoms with Gasteiger partial charge in [0.25, 0.3) is 0 Å². The molecule has 0 saturated carbocycles. The third kappa shape index (κ3) is 4.98. The molecule has 1 amide bonds. The molecule has 1 unspecified atom stereocenters. The van der Waals surface area contributed by atoms with E-state index in [2.05, 4.69) is 15.5 Å². The number of carbonyl (C=O) groups is 2. The number of nitrogens with one attached hydrogen (secondary N) is 1. The van der Waals surface area contributed by atoms with E-state index in [0.717, 1.165) is 11.8 Å². The van der Waals surface area contributed by atoms with E-state index >= 15 is 0 Å². The summed E-state index contributed by atoms with van der Waals surface area (Å²) in [5.74, 6) is -0.530. The van der Waals surface area contributed by atoms with E-state index in [9.17, 15) is 9.59 Å². The molecule has 1 aromatic heterocycles. The maximum absolute atomic E-state index is 12.8. The predicted octanol–water partition coefficient (Wildman–Crippen LogP) is 2.24. The highest BCUT2D eigenvalue weighted by atomic mass is 32.2. The van der Waals surface area contributed by atoms with Crippen molar-refractivity contribution >= 4 is 35.3 Å². The molecule has 0 aliphatic carbocycles. The Morgan fingerprint density at radius 2 is 2.19 bits per heavy atom. The van der Waals surface area contributed by atoms with Crippen LogP contribution in [0.15, 0.2) is 29.4 Å². The summed E-state index contributed by atoms with van der Waals surface area (Å²) in [5.41, 5.74) is 6.67. The molecule has 0 radical (unpaired) electrons. The van der Waals surface area contributed by atoms with E-state index in [1.165, 1.54) is 4.57 Å². The van der Waals surface area contributed by atoms with E-state index in [1.807, 2.05) is 13.0 Å². The summed E-state index contributed by atoms with van der Waals surface area (Å²) in [5, 5.41) is 19.7. The standard InChI is InChI=1S/C17H20N6O3S/c1-3-13(23-16(19)21-22-17(23)27-9-8-18)14(24)20-12-7-5-6-11(10-12)15(25)26-4-2/h5-7,10,13H,3-4,9H2,1-2H3,(H2,19,21)(H,20,24). The molecule has 0 bridgehead atoms. The maximum atomic E-state index is 12.8. The topological polar surface area (TPSA) is 136 Å². The van der Waals surface area contributed by atoms with Gasteiger partial charge in [-0.05, 0) is 31.5 Å². The van der Waals surface area contributed by atoms with Gasteiger partial charge in [-0.3, -0.25) is 9.36 Å². The molecule has 0 aliphatic rings. The summed E-state index contributed by atoms with van der Waals surface area (Å²) in [6.07, 6.45) is 0.436. The molecular weight excluding hydrogens is 368 g/mol. The summed E-state index contributed by atoms with van der Waals surface area (Å²) in [6, 6.07) is 7.83. The van der Waals surface area contributed by atoms with Crippen molar-refractivity contribution in [3.63, 3.8) is 0 Å². The van der Waals surface area contributed by atoms with Crippen LogP contribution in [0.25, 0.3) is 0 Å². The lowest BCUT2D eigenvalue weighted by molar-refractivity contribution is -0.119. The molecule has 2 rings (SSSR count). The van der Waals surface area contributed by atoms with Gasteiger partial charge in [0.1, 0.15) is 6.04 Å². The highest BCUT2D eigenvalue weighted by Crippen LogP contribution is 2.26. The zero-order valence-corrected chi connectivity index (χ0v) is 15.8. The van der Waals surface area contributed by atoms with Crippen molar-refractivity contribution in [3.05, 3.63) is 29.8 Å². The maximum Gasteiger partial charge on any atom is 0.338 e. The first-order valence-corrected chi connectivity index (χ1v) is 9.28. The molecule has 3 N–H and O–H groups in total. The zero-order chi connectivity index (χ0) is 19.8. The van der Waals surface area contributed by atoms with Gasteiger partial charge in [0.2, 0.25) is 11.9 Å². The minimum atomic E-state index is -0.660. The molecule has 1 atom stereocenters. The second-order valence-corrected chi connectivity index (χ2v) is 6.31. The van der Waals surface area contributed by atoms with Crippen LogP contribution in [-0.2, 0) is 9.53 Å². The molecular formula is C17H20N6O3S. The van der Waals surface area contributed by atoms with E-state index in [-0.39, 0.29) is 24.2 Å². The lowest BCUT2D eigenvalue weighted by Crippen LogP contribution is -2.27. The third-order valence-corrected chi connectivity index (χ3v) is 4.41. The van der Waals surface area contributed by atoms with Crippen LogP contribution in [0.2, 0.25) is 0 Å². The molecule has 9 nitrogen and oxygen atoms in total. The Balaban J connectivity index is 2.22. The summed E-state index contributed by atoms with van der Waals surface area (Å²) < 4.78 is 6.47. The van der Waals surface area contributed by atoms with Gasteiger partial charge >= 0.3 is 5.97 Å². The van der Waals surface area contributed by atoms with Crippen molar-refractivity contribution in [2.75, 3.05) is 23.4 Å². The normalized spacial score (nSPS) is 11.4. The number of ether oxygens (including phenoxy) is 1. The molecule has 0 spiro atoms. The number of thioether (sulfide) groups is 1. The van der Waals surface area contributed by atoms with Crippen molar-refractivity contribution in [1.29, 1.82) is 5.26 Å². The van der Waals surface area contributed by atoms with Crippen molar-refractivity contribution < 1.29 is 14.3 Å². The number of carbonyl (C=O) groups excluding carboxylic acids is 2. The van der Waals surface area contributed by atoms with Crippen LogP contribution in [0.1, 0.15) is 36.7 Å². The van der Waals surface area contributed by atoms with Gasteiger partial charge in [0, 0.05) is 5.69 Å². The number of nitriles is 1. The fourth-order valence-electron chi connectivity index (χ4n) is 2.43. The number of rotatable bonds is 8. The molecule has 2 aromatic rings. The summed E-state index contributed by atoms with van der Waals surface area (Å²) in [4.78, 5) is 24.6. The molecule has 1 aromatic carbocycles. The average Bonchev–Trinajstić information content (AvgIpc) is 3.02. The fraction of sp³-hybridized carbons (Fsp3) is 0.353. The van der Waals surface area contributed by atoms with Gasteiger partial charge < -0.3 is 15.8 Å². The Morgan fingerprint density at radius 1 is 1.41 bits per heavy atom. The number of benzene rings is 1. The van der Waals surface area contributed by atoms with Crippen molar-refractivity contribution in [3.8, 4) is 6.07 Å². The summed E-state index contributed by atoms with van der Waals surface area (Å²) >= 11 is 1.15. The minimum Gasteiger partial charge on any atom is -0.462 e. The van der Waals surface area contributed by atoms with Crippen LogP contribution in [0.3, 0.4) is 0 Å². The highest BCUT2D eigenvalue weighted by Gasteiger charge is 2.25. The van der Waals surface area contributed by atoms with Crippen LogP contribution in [0.4, 0.5) is 11.6 Å². The Labute approximate surface area is 160 Å². The molecule has 142 valence electrons. The Hall–Kier alpha value is -3.06. The second-order valence-electron chi connectivity index (χ2n) is 5.37. The minimum absolute atomic E-state index is 0.0951. The van der Waals surface area contributed by atoms with Crippen LogP contribution in [0, 0.1) is 11.3 Å². The largest absolute Gasteiger partial charge is 0.462 e. The van der Waals surface area contributed by atoms with Gasteiger partial charge in [-0.25, -0.2) is 4.79 Å². The quantitative estimate of drug-likeness (QED) is 0.519. The third-order valence-electron chi connectivity index (χ3n) is 3.60. The Kier molecular flexibility index (Phi) is 7.19. The van der Waals surface area contributed by atoms with Gasteiger partial charge in [-0.15, -0.1) is 10.2 Å². The SMILES string of the molecule is CCOC(=O)c1cccc(NC(=O)C(CC)n2c(N)nnc2SCC#N)c1. The number of amides is 1. The van der Waals surface area contributed by atoms with Crippen LogP contribution >= 0.6 is 11.8 Å². The predicted molar refractivity (Wildman–Crippen MR) is 101 cm³/mol. The number of hydrogen-bond acceptors (Lipinski definition) is 8. The molecule has 0 saturated heterocycles. The highest BCUT2D eigenvalue weighted by molar-refractivity contribution is 7.99. The van der Waals surface area contributed by atoms with Crippen molar-refractivity contribution in [1.82, 2.24) is 14.8 Å². The van der Waals surface area contributed by atoms with Crippen molar-refractivity contribution in [2.45, 2.75) is 31.5 Å². The number of anilines is 2. The van der Waals surface area contributed by atoms with E-state index in [0.29, 0.717) is 22.8 Å². The number of esters is 1. The molecule has 0 aliphatic heterocycles. The van der Waals surface area contributed by atoms with Gasteiger partial charge in [0.15, 0.2) is 5.16 Å². The Bertz CT molecular complexity index is 861. The number of aromatic nitrogens is 3. The number of nitrogens with zero attached hydrogens (tertiary/aromatic N) is 4. The van der Waals surface area contributed by atoms with Crippen molar-refractivity contribution in [2.24, 2.45) is 0 Å². The number of nitrogens with two attached hydrogens (primary N) is 1. The molecule has 10 heteroatoms. The van der Waals surface area contributed by atoms with Crippen LogP contribution < -0.4 is 11.1 Å². The van der Waals surface area contributed by atoms with E-state index in [1.54, 1.807) is 31.2 Å². The smallest absolute Gasteiger partial charge is 0.338 e. The molecule has 27 heavy (non-hydrogen) atoms. The van der Waals surface area contributed by atoms with Gasteiger partial charge in [0.05, 0.1) is 24.0 Å².